The predicted octanol–water partition coefficient (Wildman–Crippen LogP) is 2.89. The summed E-state index contributed by atoms with van der Waals surface area (Å²) in [4.78, 5) is 23.8. The average Bonchev–Trinajstić information content (AvgIpc) is 2.63. The van der Waals surface area contributed by atoms with E-state index < -0.39 is 5.97 Å². The van der Waals surface area contributed by atoms with Gasteiger partial charge in [-0.25, -0.2) is 4.39 Å². The largest absolute Gasteiger partial charge is 0.487 e. The first kappa shape index (κ1) is 16.7. The van der Waals surface area contributed by atoms with Crippen LogP contribution in [0.15, 0.2) is 59.4 Å². The van der Waals surface area contributed by atoms with Gasteiger partial charge in [0.25, 0.3) is 5.56 Å². The zero-order chi connectivity index (χ0) is 17.8. The minimum absolute atomic E-state index is 0.00704. The number of para-hydroxylation sites is 1. The minimum Gasteiger partial charge on any atom is -0.487 e. The number of halogens is 1. The number of benzene rings is 2. The quantitative estimate of drug-likeness (QED) is 0.670. The van der Waals surface area contributed by atoms with Gasteiger partial charge in [-0.15, -0.1) is 0 Å². The monoisotopic (exact) mass is 341 g/mol. The summed E-state index contributed by atoms with van der Waals surface area (Å²) in [6.45, 7) is -0.222. The Morgan fingerprint density at radius 1 is 1.08 bits per heavy atom. The maximum atomic E-state index is 13.8. The van der Waals surface area contributed by atoms with Crippen molar-refractivity contribution in [3.63, 3.8) is 0 Å². The van der Waals surface area contributed by atoms with Gasteiger partial charge in [-0.2, -0.15) is 0 Å². The van der Waals surface area contributed by atoms with E-state index in [9.17, 15) is 14.0 Å². The Balaban J connectivity index is 2.03. The number of aromatic nitrogens is 1. The van der Waals surface area contributed by atoms with Crippen molar-refractivity contribution >= 4 is 16.9 Å². The molecular formula is C19H16FNO4. The number of esters is 1. The molecule has 0 spiro atoms. The van der Waals surface area contributed by atoms with E-state index in [0.29, 0.717) is 16.8 Å². The fourth-order valence-electron chi connectivity index (χ4n) is 2.56. The molecule has 0 aliphatic heterocycles. The number of nitrogens with zero attached hydrogens (tertiary/aromatic N) is 1. The lowest BCUT2D eigenvalue weighted by Crippen LogP contribution is -2.24. The topological polar surface area (TPSA) is 57.5 Å². The van der Waals surface area contributed by atoms with Crippen LogP contribution >= 0.6 is 0 Å². The first-order valence-electron chi connectivity index (χ1n) is 7.66. The van der Waals surface area contributed by atoms with E-state index in [4.69, 9.17) is 4.74 Å². The summed E-state index contributed by atoms with van der Waals surface area (Å²) in [6.07, 6.45) is 0. The number of fused-ring (bicyclic) bond motifs is 1. The molecule has 0 N–H and O–H groups in total. The summed E-state index contributed by atoms with van der Waals surface area (Å²) in [5.74, 6) is -0.518. The highest BCUT2D eigenvalue weighted by molar-refractivity contribution is 5.86. The molecule has 0 aliphatic carbocycles. The molecule has 1 aromatic heterocycles. The van der Waals surface area contributed by atoms with Crippen LogP contribution in [-0.4, -0.2) is 17.6 Å². The van der Waals surface area contributed by atoms with E-state index in [-0.39, 0.29) is 24.5 Å². The van der Waals surface area contributed by atoms with E-state index in [1.54, 1.807) is 42.5 Å². The fourth-order valence-corrected chi connectivity index (χ4v) is 2.56. The van der Waals surface area contributed by atoms with E-state index in [1.165, 1.54) is 23.8 Å². The van der Waals surface area contributed by atoms with Crippen molar-refractivity contribution in [2.75, 3.05) is 7.11 Å². The van der Waals surface area contributed by atoms with Crippen LogP contribution in [0.2, 0.25) is 0 Å². The summed E-state index contributed by atoms with van der Waals surface area (Å²) >= 11 is 0. The van der Waals surface area contributed by atoms with Crippen LogP contribution in [0.3, 0.4) is 0 Å². The van der Waals surface area contributed by atoms with Gasteiger partial charge in [-0.05, 0) is 18.2 Å². The minimum atomic E-state index is -0.543. The van der Waals surface area contributed by atoms with Crippen molar-refractivity contribution in [2.45, 2.75) is 13.2 Å². The summed E-state index contributed by atoms with van der Waals surface area (Å²) in [5.41, 5.74) is 0.522. The zero-order valence-corrected chi connectivity index (χ0v) is 13.6. The van der Waals surface area contributed by atoms with E-state index in [1.807, 2.05) is 0 Å². The summed E-state index contributed by atoms with van der Waals surface area (Å²) in [6, 6.07) is 14.6. The lowest BCUT2D eigenvalue weighted by atomic mass is 10.2. The smallest absolute Gasteiger partial charge is 0.325 e. The average molecular weight is 341 g/mol. The lowest BCUT2D eigenvalue weighted by Gasteiger charge is -2.14. The summed E-state index contributed by atoms with van der Waals surface area (Å²) in [5, 5.41) is 0.731. The fraction of sp³-hybridized carbons (Fsp3) is 0.158. The van der Waals surface area contributed by atoms with Gasteiger partial charge in [-0.3, -0.25) is 14.2 Å². The van der Waals surface area contributed by atoms with Crippen molar-refractivity contribution in [1.82, 2.24) is 4.57 Å². The van der Waals surface area contributed by atoms with Gasteiger partial charge in [0.15, 0.2) is 0 Å². The molecule has 0 saturated heterocycles. The predicted molar refractivity (Wildman–Crippen MR) is 91.0 cm³/mol. The third-order valence-corrected chi connectivity index (χ3v) is 3.83. The number of methoxy groups -OCH3 is 1. The molecule has 0 amide bonds. The molecule has 0 saturated carbocycles. The molecule has 3 rings (SSSR count). The van der Waals surface area contributed by atoms with Gasteiger partial charge in [0.05, 0.1) is 12.6 Å². The number of carbonyl (C=O) groups excluding carboxylic acids is 1. The number of carbonyl (C=O) groups is 1. The van der Waals surface area contributed by atoms with Gasteiger partial charge >= 0.3 is 5.97 Å². The molecule has 25 heavy (non-hydrogen) atoms. The number of rotatable bonds is 5. The lowest BCUT2D eigenvalue weighted by molar-refractivity contribution is -0.141. The first-order chi connectivity index (χ1) is 12.1. The maximum absolute atomic E-state index is 13.8. The van der Waals surface area contributed by atoms with Crippen LogP contribution < -0.4 is 10.3 Å². The van der Waals surface area contributed by atoms with E-state index in [2.05, 4.69) is 4.74 Å². The van der Waals surface area contributed by atoms with Crippen LogP contribution in [0.5, 0.6) is 5.75 Å². The first-order valence-corrected chi connectivity index (χ1v) is 7.66. The van der Waals surface area contributed by atoms with Gasteiger partial charge in [0, 0.05) is 17.0 Å². The number of hydrogen-bond acceptors (Lipinski definition) is 4. The van der Waals surface area contributed by atoms with Crippen molar-refractivity contribution in [2.24, 2.45) is 0 Å². The molecule has 128 valence electrons. The number of hydrogen-bond donors (Lipinski definition) is 0. The normalized spacial score (nSPS) is 10.6. The second-order valence-electron chi connectivity index (χ2n) is 5.41. The molecule has 1 heterocycles. The third kappa shape index (κ3) is 3.52. The molecule has 2 aromatic carbocycles. The maximum Gasteiger partial charge on any atom is 0.325 e. The Hall–Kier alpha value is -3.15. The summed E-state index contributed by atoms with van der Waals surface area (Å²) < 4.78 is 25.5. The number of pyridine rings is 1. The zero-order valence-electron chi connectivity index (χ0n) is 13.6. The van der Waals surface area contributed by atoms with Crippen molar-refractivity contribution in [3.8, 4) is 5.75 Å². The van der Waals surface area contributed by atoms with Gasteiger partial charge in [-0.1, -0.05) is 30.3 Å². The van der Waals surface area contributed by atoms with Crippen LogP contribution in [0.4, 0.5) is 4.39 Å². The Kier molecular flexibility index (Phi) is 4.79. The van der Waals surface area contributed by atoms with Gasteiger partial charge in [0.2, 0.25) is 0 Å². The molecule has 0 aliphatic rings. The van der Waals surface area contributed by atoms with Crippen LogP contribution in [0.25, 0.3) is 10.9 Å². The van der Waals surface area contributed by atoms with Gasteiger partial charge in [0.1, 0.15) is 24.7 Å². The second-order valence-corrected chi connectivity index (χ2v) is 5.41. The molecule has 6 heteroatoms. The van der Waals surface area contributed by atoms with Crippen molar-refractivity contribution in [3.05, 3.63) is 76.3 Å². The molecule has 0 atom stereocenters. The van der Waals surface area contributed by atoms with Gasteiger partial charge < -0.3 is 9.47 Å². The molecule has 0 unspecified atom stereocenters. The highest BCUT2D eigenvalue weighted by Gasteiger charge is 2.13. The molecule has 0 bridgehead atoms. The molecule has 0 radical (unpaired) electrons. The molecule has 5 nitrogen and oxygen atoms in total. The molecular weight excluding hydrogens is 325 g/mol. The highest BCUT2D eigenvalue weighted by atomic mass is 19.1. The third-order valence-electron chi connectivity index (χ3n) is 3.83. The van der Waals surface area contributed by atoms with Crippen LogP contribution in [0, 0.1) is 5.82 Å². The van der Waals surface area contributed by atoms with Crippen LogP contribution in [-0.2, 0) is 22.7 Å². The Morgan fingerprint density at radius 2 is 1.88 bits per heavy atom. The highest BCUT2D eigenvalue weighted by Crippen LogP contribution is 2.25. The molecule has 3 aromatic rings. The van der Waals surface area contributed by atoms with Crippen molar-refractivity contribution < 1.29 is 18.7 Å². The Labute approximate surface area is 143 Å². The Bertz CT molecular complexity index is 981. The van der Waals surface area contributed by atoms with Crippen molar-refractivity contribution in [1.29, 1.82) is 0 Å². The Morgan fingerprint density at radius 3 is 2.64 bits per heavy atom. The van der Waals surface area contributed by atoms with E-state index in [0.717, 1.165) is 5.39 Å². The van der Waals surface area contributed by atoms with E-state index >= 15 is 0 Å². The molecule has 0 fully saturated rings. The number of ether oxygens (including phenoxy) is 2. The SMILES string of the molecule is COC(=O)Cn1c(=O)ccc2cccc(OCc3ccccc3F)c21. The second kappa shape index (κ2) is 7.17. The van der Waals surface area contributed by atoms with Crippen LogP contribution in [0.1, 0.15) is 5.56 Å². The standard InChI is InChI=1S/C19H16FNO4/c1-24-18(23)11-21-17(22)10-9-13-6-4-8-16(19(13)21)25-12-14-5-2-3-7-15(14)20/h2-10H,11-12H2,1H3. The summed E-state index contributed by atoms with van der Waals surface area (Å²) in [7, 11) is 1.26.